The summed E-state index contributed by atoms with van der Waals surface area (Å²) in [6, 6.07) is 0. The third-order valence-corrected chi connectivity index (χ3v) is 1.95. The van der Waals surface area contributed by atoms with Crippen LogP contribution in [0.5, 0.6) is 0 Å². The van der Waals surface area contributed by atoms with Crippen LogP contribution in [-0.2, 0) is 4.79 Å². The average molecular weight is 195 g/mol. The summed E-state index contributed by atoms with van der Waals surface area (Å²) in [5.41, 5.74) is 0. The van der Waals surface area contributed by atoms with E-state index in [0.717, 1.165) is 19.3 Å². The zero-order valence-corrected chi connectivity index (χ0v) is 8.08. The van der Waals surface area contributed by atoms with Crippen molar-refractivity contribution in [3.8, 4) is 0 Å². The predicted octanol–water partition coefficient (Wildman–Crippen LogP) is 3.45. The molecule has 0 saturated carbocycles. The van der Waals surface area contributed by atoms with E-state index in [2.05, 4.69) is 6.92 Å². The lowest BCUT2D eigenvalue weighted by atomic mass is 10.2. The Morgan fingerprint density at radius 3 is 2.45 bits per heavy atom. The molecule has 0 fully saturated rings. The second-order valence-corrected chi connectivity index (χ2v) is 3.07. The van der Waals surface area contributed by atoms with Gasteiger partial charge in [-0.2, -0.15) is 0 Å². The third kappa shape index (κ3) is 6.39. The van der Waals surface area contributed by atoms with Gasteiger partial charge in [0.15, 0.2) is 0 Å². The van der Waals surface area contributed by atoms with E-state index in [9.17, 15) is 4.79 Å². The van der Waals surface area contributed by atoms with Gasteiger partial charge in [-0.05, 0) is 24.4 Å². The van der Waals surface area contributed by atoms with Crippen LogP contribution in [0.3, 0.4) is 0 Å². The standard InChI is InChI=1S/C8H12Cl2O/c1-2-3-4-5-6-7(9)8(10)11/h6H,2-5H2,1H3/b7-6-. The van der Waals surface area contributed by atoms with Crippen molar-refractivity contribution in [3.63, 3.8) is 0 Å². The highest BCUT2D eigenvalue weighted by molar-refractivity contribution is 6.74. The molecule has 0 N–H and O–H groups in total. The van der Waals surface area contributed by atoms with Crippen LogP contribution < -0.4 is 0 Å². The van der Waals surface area contributed by atoms with Crippen molar-refractivity contribution >= 4 is 28.4 Å². The minimum absolute atomic E-state index is 0.141. The Morgan fingerprint density at radius 1 is 1.36 bits per heavy atom. The van der Waals surface area contributed by atoms with Crippen LogP contribution in [-0.4, -0.2) is 5.24 Å². The van der Waals surface area contributed by atoms with Gasteiger partial charge < -0.3 is 0 Å². The monoisotopic (exact) mass is 194 g/mol. The number of allylic oxidation sites excluding steroid dienone is 2. The summed E-state index contributed by atoms with van der Waals surface area (Å²) in [6.07, 6.45) is 5.91. The lowest BCUT2D eigenvalue weighted by molar-refractivity contribution is -0.108. The molecule has 11 heavy (non-hydrogen) atoms. The molecule has 0 rings (SSSR count). The van der Waals surface area contributed by atoms with E-state index in [1.54, 1.807) is 6.08 Å². The maximum Gasteiger partial charge on any atom is 0.263 e. The maximum absolute atomic E-state index is 10.4. The van der Waals surface area contributed by atoms with E-state index in [-0.39, 0.29) is 5.03 Å². The molecule has 0 unspecified atom stereocenters. The van der Waals surface area contributed by atoms with E-state index >= 15 is 0 Å². The lowest BCUT2D eigenvalue weighted by Gasteiger charge is -1.92. The van der Waals surface area contributed by atoms with Gasteiger partial charge in [0, 0.05) is 0 Å². The first-order valence-corrected chi connectivity index (χ1v) is 4.49. The van der Waals surface area contributed by atoms with Gasteiger partial charge in [0.05, 0.1) is 5.03 Å². The summed E-state index contributed by atoms with van der Waals surface area (Å²) in [4.78, 5) is 10.4. The SMILES string of the molecule is CCCCC/C=C(\Cl)C(=O)Cl. The van der Waals surface area contributed by atoms with Crippen molar-refractivity contribution in [2.75, 3.05) is 0 Å². The van der Waals surface area contributed by atoms with Crippen LogP contribution in [0.4, 0.5) is 0 Å². The summed E-state index contributed by atoms with van der Waals surface area (Å²) in [5, 5.41) is -0.425. The van der Waals surface area contributed by atoms with Gasteiger partial charge in [-0.25, -0.2) is 0 Å². The molecule has 0 radical (unpaired) electrons. The molecule has 1 nitrogen and oxygen atoms in total. The molecule has 0 bridgehead atoms. The zero-order valence-electron chi connectivity index (χ0n) is 6.57. The smallest absolute Gasteiger partial charge is 0.263 e. The Morgan fingerprint density at radius 2 is 2.00 bits per heavy atom. The molecule has 0 saturated heterocycles. The highest BCUT2D eigenvalue weighted by atomic mass is 35.5. The van der Waals surface area contributed by atoms with Crippen LogP contribution in [0.1, 0.15) is 32.6 Å². The summed E-state index contributed by atoms with van der Waals surface area (Å²) >= 11 is 10.6. The Balaban J connectivity index is 3.48. The maximum atomic E-state index is 10.4. The molecule has 0 heterocycles. The van der Waals surface area contributed by atoms with Crippen molar-refractivity contribution in [1.82, 2.24) is 0 Å². The van der Waals surface area contributed by atoms with E-state index in [0.29, 0.717) is 0 Å². The number of carbonyl (C=O) groups is 1. The second kappa shape index (κ2) is 6.68. The minimum atomic E-state index is -0.567. The number of rotatable bonds is 5. The molecule has 64 valence electrons. The highest BCUT2D eigenvalue weighted by Crippen LogP contribution is 2.09. The molecule has 0 aromatic carbocycles. The average Bonchev–Trinajstić information content (AvgIpc) is 1.97. The molecule has 0 aliphatic rings. The van der Waals surface area contributed by atoms with E-state index in [4.69, 9.17) is 23.2 Å². The number of hydrogen-bond acceptors (Lipinski definition) is 1. The Bertz CT molecular complexity index is 152. The third-order valence-electron chi connectivity index (χ3n) is 1.32. The number of unbranched alkanes of at least 4 members (excludes halogenated alkanes) is 3. The van der Waals surface area contributed by atoms with Crippen LogP contribution in [0.2, 0.25) is 0 Å². The topological polar surface area (TPSA) is 17.1 Å². The fourth-order valence-electron chi connectivity index (χ4n) is 0.703. The molecule has 0 amide bonds. The largest absolute Gasteiger partial charge is 0.275 e. The van der Waals surface area contributed by atoms with Crippen LogP contribution >= 0.6 is 23.2 Å². The molecule has 3 heteroatoms. The van der Waals surface area contributed by atoms with E-state index < -0.39 is 5.24 Å². The summed E-state index contributed by atoms with van der Waals surface area (Å²) in [5.74, 6) is 0. The lowest BCUT2D eigenvalue weighted by Crippen LogP contribution is -1.84. The van der Waals surface area contributed by atoms with Crippen molar-refractivity contribution in [1.29, 1.82) is 0 Å². The molecule has 0 atom stereocenters. The quantitative estimate of drug-likeness (QED) is 0.373. The fourth-order valence-corrected chi connectivity index (χ4v) is 0.890. The molecule has 0 aliphatic carbocycles. The van der Waals surface area contributed by atoms with Gasteiger partial charge in [-0.15, -0.1) is 0 Å². The Labute approximate surface area is 77.4 Å². The number of hydrogen-bond donors (Lipinski definition) is 0. The van der Waals surface area contributed by atoms with Crippen molar-refractivity contribution in [3.05, 3.63) is 11.1 Å². The highest BCUT2D eigenvalue weighted by Gasteiger charge is 1.99. The normalized spacial score (nSPS) is 11.7. The minimum Gasteiger partial charge on any atom is -0.275 e. The molecule has 0 spiro atoms. The van der Waals surface area contributed by atoms with Crippen LogP contribution in [0.15, 0.2) is 11.1 Å². The van der Waals surface area contributed by atoms with E-state index in [1.165, 1.54) is 6.42 Å². The molecular weight excluding hydrogens is 183 g/mol. The number of halogens is 2. The summed E-state index contributed by atoms with van der Waals surface area (Å²) in [7, 11) is 0. The van der Waals surface area contributed by atoms with Crippen molar-refractivity contribution in [2.24, 2.45) is 0 Å². The van der Waals surface area contributed by atoms with Crippen LogP contribution in [0, 0.1) is 0 Å². The number of carbonyl (C=O) groups excluding carboxylic acids is 1. The first kappa shape index (κ1) is 11.0. The van der Waals surface area contributed by atoms with E-state index in [1.807, 2.05) is 0 Å². The molecule has 0 aliphatic heterocycles. The van der Waals surface area contributed by atoms with Gasteiger partial charge in [-0.1, -0.05) is 37.4 Å². The Kier molecular flexibility index (Phi) is 6.68. The fraction of sp³-hybridized carbons (Fsp3) is 0.625. The van der Waals surface area contributed by atoms with Gasteiger partial charge in [0.25, 0.3) is 5.24 Å². The molecular formula is C8H12Cl2O. The van der Waals surface area contributed by atoms with Gasteiger partial charge in [0.1, 0.15) is 0 Å². The van der Waals surface area contributed by atoms with Gasteiger partial charge in [0.2, 0.25) is 0 Å². The molecule has 0 aromatic rings. The Hall–Kier alpha value is -0.0100. The first-order chi connectivity index (χ1) is 5.18. The van der Waals surface area contributed by atoms with Crippen molar-refractivity contribution < 1.29 is 4.79 Å². The van der Waals surface area contributed by atoms with Crippen LogP contribution in [0.25, 0.3) is 0 Å². The predicted molar refractivity (Wildman–Crippen MR) is 48.9 cm³/mol. The summed E-state index contributed by atoms with van der Waals surface area (Å²) in [6.45, 7) is 2.12. The molecule has 0 aromatic heterocycles. The summed E-state index contributed by atoms with van der Waals surface area (Å²) < 4.78 is 0. The van der Waals surface area contributed by atoms with Crippen molar-refractivity contribution in [2.45, 2.75) is 32.6 Å². The van der Waals surface area contributed by atoms with Gasteiger partial charge >= 0.3 is 0 Å². The first-order valence-electron chi connectivity index (χ1n) is 3.74. The van der Waals surface area contributed by atoms with Gasteiger partial charge in [-0.3, -0.25) is 4.79 Å². The second-order valence-electron chi connectivity index (χ2n) is 2.32. The zero-order chi connectivity index (χ0) is 8.69.